The van der Waals surface area contributed by atoms with E-state index in [2.05, 4.69) is 10.0 Å². The summed E-state index contributed by atoms with van der Waals surface area (Å²) in [4.78, 5) is 14.7. The minimum absolute atomic E-state index is 0.00932. The van der Waals surface area contributed by atoms with Gasteiger partial charge in [0.25, 0.3) is 0 Å². The van der Waals surface area contributed by atoms with Gasteiger partial charge in [0.15, 0.2) is 0 Å². The van der Waals surface area contributed by atoms with E-state index >= 15 is 0 Å². The highest BCUT2D eigenvalue weighted by atomic mass is 19.4. The van der Waals surface area contributed by atoms with Crippen LogP contribution in [-0.4, -0.2) is 5.78 Å². The molecule has 0 heterocycles. The first kappa shape index (κ1) is 15.3. The van der Waals surface area contributed by atoms with Crippen LogP contribution in [0.1, 0.15) is 36.8 Å². The third kappa shape index (κ3) is 2.71. The van der Waals surface area contributed by atoms with Gasteiger partial charge in [0.05, 0.1) is 5.56 Å². The smallest absolute Gasteiger partial charge is 0.299 e. The predicted octanol–water partition coefficient (Wildman–Crippen LogP) is 4.49. The fourth-order valence-corrected chi connectivity index (χ4v) is 2.65. The summed E-state index contributed by atoms with van der Waals surface area (Å²) in [5.41, 5.74) is 5.02. The lowest BCUT2D eigenvalue weighted by atomic mass is 9.74. The number of nitrogens with zero attached hydrogens (tertiary/aromatic N) is 3. The maximum Gasteiger partial charge on any atom is 0.416 e. The summed E-state index contributed by atoms with van der Waals surface area (Å²) in [5, 5.41) is 3.38. The Bertz CT molecular complexity index is 622. The van der Waals surface area contributed by atoms with Gasteiger partial charge in [0.2, 0.25) is 0 Å². The van der Waals surface area contributed by atoms with Crippen LogP contribution in [0.2, 0.25) is 0 Å². The number of hydrogen-bond donors (Lipinski definition) is 0. The Hall–Kier alpha value is -2.08. The molecule has 0 aromatic heterocycles. The number of Topliss-reactive ketones (excluding diaryl/α,β-unsaturated/α-hetero) is 1. The number of carbonyl (C=O) groups is 1. The largest absolute Gasteiger partial charge is 0.416 e. The van der Waals surface area contributed by atoms with Gasteiger partial charge >= 0.3 is 6.18 Å². The maximum absolute atomic E-state index is 13.2. The number of hydrogen-bond acceptors (Lipinski definition) is 2. The molecule has 1 fully saturated rings. The van der Waals surface area contributed by atoms with Crippen LogP contribution >= 0.6 is 0 Å². The molecule has 112 valence electrons. The summed E-state index contributed by atoms with van der Waals surface area (Å²) in [5.74, 6) is -1.63. The minimum atomic E-state index is -4.84. The zero-order valence-corrected chi connectivity index (χ0v) is 10.8. The standard InChI is InChI=1S/C13H11F4N3O/c14-8-4-5-9(10(7-8)13(15,16)17)12(19-20-18)6-2-1-3-11(12)21/h4-5,7H,1-3,6H2. The molecular formula is C13H11F4N3O. The molecule has 1 aromatic carbocycles. The Morgan fingerprint density at radius 3 is 2.57 bits per heavy atom. The first-order valence-corrected chi connectivity index (χ1v) is 6.28. The van der Waals surface area contributed by atoms with E-state index in [4.69, 9.17) is 5.53 Å². The van der Waals surface area contributed by atoms with Crippen LogP contribution in [0, 0.1) is 5.82 Å². The maximum atomic E-state index is 13.2. The molecular weight excluding hydrogens is 290 g/mol. The fourth-order valence-electron chi connectivity index (χ4n) is 2.65. The van der Waals surface area contributed by atoms with E-state index in [0.717, 1.165) is 12.1 Å². The molecule has 21 heavy (non-hydrogen) atoms. The zero-order chi connectivity index (χ0) is 15.7. The van der Waals surface area contributed by atoms with Crippen molar-refractivity contribution in [3.63, 3.8) is 0 Å². The van der Waals surface area contributed by atoms with Crippen LogP contribution in [0.3, 0.4) is 0 Å². The second kappa shape index (κ2) is 5.37. The lowest BCUT2D eigenvalue weighted by Crippen LogP contribution is -2.38. The molecule has 2 rings (SSSR count). The molecule has 1 aromatic rings. The number of halogens is 4. The molecule has 1 aliphatic carbocycles. The molecule has 4 nitrogen and oxygen atoms in total. The van der Waals surface area contributed by atoms with Crippen molar-refractivity contribution < 1.29 is 22.4 Å². The summed E-state index contributed by atoms with van der Waals surface area (Å²) >= 11 is 0. The van der Waals surface area contributed by atoms with Crippen molar-refractivity contribution in [1.82, 2.24) is 0 Å². The lowest BCUT2D eigenvalue weighted by molar-refractivity contribution is -0.140. The number of azide groups is 1. The normalized spacial score (nSPS) is 22.8. The third-order valence-electron chi connectivity index (χ3n) is 3.60. The van der Waals surface area contributed by atoms with E-state index in [1.165, 1.54) is 0 Å². The summed E-state index contributed by atoms with van der Waals surface area (Å²) in [7, 11) is 0. The van der Waals surface area contributed by atoms with Gasteiger partial charge < -0.3 is 0 Å². The molecule has 0 N–H and O–H groups in total. The molecule has 0 bridgehead atoms. The van der Waals surface area contributed by atoms with E-state index in [1.54, 1.807) is 0 Å². The average molecular weight is 301 g/mol. The number of ketones is 1. The highest BCUT2D eigenvalue weighted by Gasteiger charge is 2.46. The van der Waals surface area contributed by atoms with Crippen LogP contribution in [0.5, 0.6) is 0 Å². The SMILES string of the molecule is [N-]=[N+]=NC1(c2ccc(F)cc2C(F)(F)F)CCCCC1=O. The van der Waals surface area contributed by atoms with Crippen molar-refractivity contribution in [3.8, 4) is 0 Å². The van der Waals surface area contributed by atoms with Crippen LogP contribution in [0.15, 0.2) is 23.3 Å². The highest BCUT2D eigenvalue weighted by molar-refractivity contribution is 5.91. The zero-order valence-electron chi connectivity index (χ0n) is 10.8. The fraction of sp³-hybridized carbons (Fsp3) is 0.462. The summed E-state index contributed by atoms with van der Waals surface area (Å²) in [6.07, 6.45) is -3.82. The van der Waals surface area contributed by atoms with Crippen LogP contribution in [0.25, 0.3) is 10.4 Å². The van der Waals surface area contributed by atoms with E-state index in [1.807, 2.05) is 0 Å². The Morgan fingerprint density at radius 2 is 2.00 bits per heavy atom. The average Bonchev–Trinajstić information content (AvgIpc) is 2.41. The van der Waals surface area contributed by atoms with E-state index in [-0.39, 0.29) is 12.8 Å². The van der Waals surface area contributed by atoms with Crippen molar-refractivity contribution in [1.29, 1.82) is 0 Å². The summed E-state index contributed by atoms with van der Waals surface area (Å²) < 4.78 is 52.5. The molecule has 0 spiro atoms. The van der Waals surface area contributed by atoms with E-state index < -0.39 is 34.4 Å². The van der Waals surface area contributed by atoms with Crippen molar-refractivity contribution in [2.24, 2.45) is 5.11 Å². The monoisotopic (exact) mass is 301 g/mol. The minimum Gasteiger partial charge on any atom is -0.299 e. The van der Waals surface area contributed by atoms with Crippen LogP contribution < -0.4 is 0 Å². The van der Waals surface area contributed by atoms with Crippen molar-refractivity contribution in [2.45, 2.75) is 37.4 Å². The number of alkyl halides is 3. The Labute approximate surface area is 117 Å². The second-order valence-corrected chi connectivity index (χ2v) is 4.87. The first-order chi connectivity index (χ1) is 9.81. The topological polar surface area (TPSA) is 65.8 Å². The van der Waals surface area contributed by atoms with Crippen molar-refractivity contribution in [2.75, 3.05) is 0 Å². The Kier molecular flexibility index (Phi) is 3.91. The Balaban J connectivity index is 2.72. The summed E-state index contributed by atoms with van der Waals surface area (Å²) in [6.45, 7) is 0. The second-order valence-electron chi connectivity index (χ2n) is 4.87. The molecule has 1 atom stereocenters. The quantitative estimate of drug-likeness (QED) is 0.343. The van der Waals surface area contributed by atoms with Crippen LogP contribution in [0.4, 0.5) is 17.6 Å². The molecule has 0 radical (unpaired) electrons. The molecule has 8 heteroatoms. The summed E-state index contributed by atoms with van der Waals surface area (Å²) in [6, 6.07) is 2.04. The van der Waals surface area contributed by atoms with Gasteiger partial charge in [0.1, 0.15) is 17.1 Å². The predicted molar refractivity (Wildman–Crippen MR) is 65.7 cm³/mol. The van der Waals surface area contributed by atoms with Gasteiger partial charge in [-0.3, -0.25) is 4.79 Å². The van der Waals surface area contributed by atoms with Gasteiger partial charge in [-0.1, -0.05) is 17.6 Å². The highest BCUT2D eigenvalue weighted by Crippen LogP contribution is 2.44. The number of rotatable bonds is 2. The van der Waals surface area contributed by atoms with Gasteiger partial charge in [-0.15, -0.1) is 0 Å². The molecule has 1 saturated carbocycles. The van der Waals surface area contributed by atoms with E-state index in [9.17, 15) is 22.4 Å². The molecule has 0 aliphatic heterocycles. The van der Waals surface area contributed by atoms with Gasteiger partial charge in [-0.2, -0.15) is 13.2 Å². The van der Waals surface area contributed by atoms with Crippen molar-refractivity contribution in [3.05, 3.63) is 45.6 Å². The Morgan fingerprint density at radius 1 is 1.29 bits per heavy atom. The van der Waals surface area contributed by atoms with Gasteiger partial charge in [-0.25, -0.2) is 4.39 Å². The lowest BCUT2D eigenvalue weighted by Gasteiger charge is -2.33. The molecule has 1 aliphatic rings. The van der Waals surface area contributed by atoms with Gasteiger partial charge in [0, 0.05) is 11.3 Å². The molecule has 0 amide bonds. The van der Waals surface area contributed by atoms with Gasteiger partial charge in [-0.05, 0) is 36.1 Å². The van der Waals surface area contributed by atoms with E-state index in [0.29, 0.717) is 18.9 Å². The number of carbonyl (C=O) groups excluding carboxylic acids is 1. The molecule has 1 unspecified atom stereocenters. The first-order valence-electron chi connectivity index (χ1n) is 6.28. The molecule has 0 saturated heterocycles. The third-order valence-corrected chi connectivity index (χ3v) is 3.60. The number of benzene rings is 1. The van der Waals surface area contributed by atoms with Crippen molar-refractivity contribution >= 4 is 5.78 Å². The van der Waals surface area contributed by atoms with Crippen LogP contribution in [-0.2, 0) is 16.5 Å².